The highest BCUT2D eigenvalue weighted by Crippen LogP contribution is 2.30. The molecule has 134 valence electrons. The molecule has 0 aliphatic carbocycles. The summed E-state index contributed by atoms with van der Waals surface area (Å²) in [5, 5.41) is 2.74. The molecule has 0 aromatic heterocycles. The van der Waals surface area contributed by atoms with Crippen molar-refractivity contribution < 1.29 is 14.4 Å². The predicted molar refractivity (Wildman–Crippen MR) is 96.8 cm³/mol. The van der Waals surface area contributed by atoms with E-state index in [1.54, 1.807) is 24.0 Å². The summed E-state index contributed by atoms with van der Waals surface area (Å²) in [4.78, 5) is 40.7. The molecule has 1 aromatic rings. The SMILES string of the molecule is C[C@@H]1CCCCN1C(=O)CN1C(=O)N[C@@](C)(c2cccc(Br)c2)C1=O. The van der Waals surface area contributed by atoms with Crippen LogP contribution >= 0.6 is 15.9 Å². The van der Waals surface area contributed by atoms with E-state index in [2.05, 4.69) is 21.2 Å². The zero-order valence-electron chi connectivity index (χ0n) is 14.4. The zero-order valence-corrected chi connectivity index (χ0v) is 16.0. The van der Waals surface area contributed by atoms with Crippen LogP contribution in [-0.2, 0) is 15.1 Å². The fourth-order valence-electron chi connectivity index (χ4n) is 3.53. The molecule has 0 saturated carbocycles. The van der Waals surface area contributed by atoms with Gasteiger partial charge in [-0.3, -0.25) is 14.5 Å². The maximum Gasteiger partial charge on any atom is 0.325 e. The summed E-state index contributed by atoms with van der Waals surface area (Å²) in [6, 6.07) is 6.89. The van der Waals surface area contributed by atoms with Gasteiger partial charge in [0.1, 0.15) is 12.1 Å². The van der Waals surface area contributed by atoms with Crippen LogP contribution in [0.4, 0.5) is 4.79 Å². The molecule has 0 bridgehead atoms. The van der Waals surface area contributed by atoms with Crippen LogP contribution in [0.5, 0.6) is 0 Å². The average Bonchev–Trinajstić information content (AvgIpc) is 2.79. The molecule has 2 atom stereocenters. The van der Waals surface area contributed by atoms with Gasteiger partial charge >= 0.3 is 6.03 Å². The van der Waals surface area contributed by atoms with Crippen molar-refractivity contribution in [2.75, 3.05) is 13.1 Å². The molecular weight excluding hydrogens is 386 g/mol. The number of benzene rings is 1. The molecule has 0 unspecified atom stereocenters. The first-order chi connectivity index (χ1) is 11.8. The number of hydrogen-bond acceptors (Lipinski definition) is 3. The van der Waals surface area contributed by atoms with Gasteiger partial charge in [0.2, 0.25) is 5.91 Å². The Balaban J connectivity index is 1.78. The Morgan fingerprint density at radius 2 is 2.12 bits per heavy atom. The topological polar surface area (TPSA) is 69.7 Å². The van der Waals surface area contributed by atoms with Gasteiger partial charge in [-0.1, -0.05) is 28.1 Å². The van der Waals surface area contributed by atoms with Gasteiger partial charge in [-0.15, -0.1) is 0 Å². The van der Waals surface area contributed by atoms with Gasteiger partial charge in [-0.05, 0) is 50.8 Å². The van der Waals surface area contributed by atoms with Crippen molar-refractivity contribution in [1.82, 2.24) is 15.1 Å². The highest BCUT2D eigenvalue weighted by Gasteiger charge is 2.49. The van der Waals surface area contributed by atoms with Crippen LogP contribution in [0.2, 0.25) is 0 Å². The Kier molecular flexibility index (Phi) is 4.86. The Morgan fingerprint density at radius 3 is 2.80 bits per heavy atom. The quantitative estimate of drug-likeness (QED) is 0.782. The van der Waals surface area contributed by atoms with Gasteiger partial charge in [0, 0.05) is 17.1 Å². The first-order valence-electron chi connectivity index (χ1n) is 8.52. The highest BCUT2D eigenvalue weighted by atomic mass is 79.9. The van der Waals surface area contributed by atoms with E-state index in [9.17, 15) is 14.4 Å². The van der Waals surface area contributed by atoms with Gasteiger partial charge in [0.25, 0.3) is 5.91 Å². The van der Waals surface area contributed by atoms with Crippen LogP contribution in [0.3, 0.4) is 0 Å². The summed E-state index contributed by atoms with van der Waals surface area (Å²) in [6.45, 7) is 4.16. The molecule has 25 heavy (non-hydrogen) atoms. The summed E-state index contributed by atoms with van der Waals surface area (Å²) in [5.41, 5.74) is -0.476. The number of carbonyl (C=O) groups excluding carboxylic acids is 3. The summed E-state index contributed by atoms with van der Waals surface area (Å²) in [5.74, 6) is -0.567. The van der Waals surface area contributed by atoms with E-state index in [0.29, 0.717) is 12.1 Å². The Morgan fingerprint density at radius 1 is 1.36 bits per heavy atom. The maximum atomic E-state index is 12.9. The van der Waals surface area contributed by atoms with Crippen LogP contribution < -0.4 is 5.32 Å². The van der Waals surface area contributed by atoms with Crippen molar-refractivity contribution in [3.63, 3.8) is 0 Å². The Bertz CT molecular complexity index is 723. The third-order valence-electron chi connectivity index (χ3n) is 5.09. The second kappa shape index (κ2) is 6.78. The lowest BCUT2D eigenvalue weighted by Gasteiger charge is -2.34. The number of urea groups is 1. The smallest absolute Gasteiger partial charge is 0.325 e. The number of amides is 4. The van der Waals surface area contributed by atoms with Crippen LogP contribution in [0.25, 0.3) is 0 Å². The third-order valence-corrected chi connectivity index (χ3v) is 5.59. The van der Waals surface area contributed by atoms with E-state index in [1.165, 1.54) is 0 Å². The molecule has 0 spiro atoms. The van der Waals surface area contributed by atoms with Gasteiger partial charge < -0.3 is 10.2 Å². The first kappa shape index (κ1) is 17.9. The average molecular weight is 408 g/mol. The van der Waals surface area contributed by atoms with Gasteiger partial charge in [0.15, 0.2) is 0 Å². The van der Waals surface area contributed by atoms with Crippen molar-refractivity contribution in [3.8, 4) is 0 Å². The monoisotopic (exact) mass is 407 g/mol. The second-order valence-electron chi connectivity index (χ2n) is 6.89. The normalized spacial score (nSPS) is 26.8. The Labute approximate surface area is 155 Å². The summed E-state index contributed by atoms with van der Waals surface area (Å²) in [7, 11) is 0. The van der Waals surface area contributed by atoms with E-state index in [-0.39, 0.29) is 18.5 Å². The lowest BCUT2D eigenvalue weighted by atomic mass is 9.92. The number of nitrogens with zero attached hydrogens (tertiary/aromatic N) is 2. The standard InChI is InChI=1S/C18H22BrN3O3/c1-12-6-3-4-9-21(12)15(23)11-22-16(24)18(2,20-17(22)25)13-7-5-8-14(19)10-13/h5,7-8,10,12H,3-4,6,9,11H2,1-2H3,(H,20,25)/t12-,18+/m1/s1. The van der Waals surface area contributed by atoms with Crippen LogP contribution in [0.1, 0.15) is 38.7 Å². The molecule has 0 radical (unpaired) electrons. The van der Waals surface area contributed by atoms with Crippen LogP contribution in [-0.4, -0.2) is 46.8 Å². The lowest BCUT2D eigenvalue weighted by Crippen LogP contribution is -2.48. The second-order valence-corrected chi connectivity index (χ2v) is 7.80. The van der Waals surface area contributed by atoms with E-state index >= 15 is 0 Å². The van der Waals surface area contributed by atoms with Crippen molar-refractivity contribution in [1.29, 1.82) is 0 Å². The predicted octanol–water partition coefficient (Wildman–Crippen LogP) is 2.62. The molecule has 2 aliphatic heterocycles. The number of halogens is 1. The first-order valence-corrected chi connectivity index (χ1v) is 9.32. The van der Waals surface area contributed by atoms with Crippen molar-refractivity contribution in [2.24, 2.45) is 0 Å². The number of rotatable bonds is 3. The van der Waals surface area contributed by atoms with Crippen molar-refractivity contribution in [2.45, 2.75) is 44.7 Å². The molecule has 6 nitrogen and oxygen atoms in total. The summed E-state index contributed by atoms with van der Waals surface area (Å²) in [6.07, 6.45) is 3.03. The molecule has 7 heteroatoms. The molecule has 1 N–H and O–H groups in total. The zero-order chi connectivity index (χ0) is 18.2. The number of likely N-dealkylation sites (tertiary alicyclic amines) is 1. The van der Waals surface area contributed by atoms with E-state index in [1.807, 2.05) is 19.1 Å². The minimum absolute atomic E-state index is 0.151. The van der Waals surface area contributed by atoms with Gasteiger partial charge in [0.05, 0.1) is 0 Å². The molecule has 4 amide bonds. The largest absolute Gasteiger partial charge is 0.338 e. The Hall–Kier alpha value is -1.89. The van der Waals surface area contributed by atoms with Gasteiger partial charge in [-0.2, -0.15) is 0 Å². The summed E-state index contributed by atoms with van der Waals surface area (Å²) >= 11 is 3.38. The maximum absolute atomic E-state index is 12.9. The van der Waals surface area contributed by atoms with Gasteiger partial charge in [-0.25, -0.2) is 4.79 Å². The number of carbonyl (C=O) groups is 3. The molecule has 1 aromatic carbocycles. The van der Waals surface area contributed by atoms with Crippen LogP contribution in [0.15, 0.2) is 28.7 Å². The molecular formula is C18H22BrN3O3. The van der Waals surface area contributed by atoms with E-state index in [0.717, 1.165) is 28.6 Å². The fourth-order valence-corrected chi connectivity index (χ4v) is 3.93. The molecule has 2 heterocycles. The third kappa shape index (κ3) is 3.29. The van der Waals surface area contributed by atoms with Crippen molar-refractivity contribution >= 4 is 33.8 Å². The lowest BCUT2D eigenvalue weighted by molar-refractivity contribution is -0.140. The molecule has 2 saturated heterocycles. The molecule has 3 rings (SSSR count). The molecule has 2 fully saturated rings. The highest BCUT2D eigenvalue weighted by molar-refractivity contribution is 9.10. The molecule has 2 aliphatic rings. The number of hydrogen-bond donors (Lipinski definition) is 1. The minimum atomic E-state index is -1.16. The number of piperidine rings is 1. The number of nitrogens with one attached hydrogen (secondary N) is 1. The van der Waals surface area contributed by atoms with E-state index < -0.39 is 17.5 Å². The van der Waals surface area contributed by atoms with E-state index in [4.69, 9.17) is 0 Å². The van der Waals surface area contributed by atoms with Crippen molar-refractivity contribution in [3.05, 3.63) is 34.3 Å². The fraction of sp³-hybridized carbons (Fsp3) is 0.500. The number of imide groups is 1. The summed E-state index contributed by atoms with van der Waals surface area (Å²) < 4.78 is 0.824. The van der Waals surface area contributed by atoms with Crippen LogP contribution in [0, 0.1) is 0 Å². The minimum Gasteiger partial charge on any atom is -0.338 e.